The van der Waals surface area contributed by atoms with Crippen LogP contribution in [0.5, 0.6) is 0 Å². The van der Waals surface area contributed by atoms with Crippen LogP contribution in [-0.4, -0.2) is 22.5 Å². The summed E-state index contributed by atoms with van der Waals surface area (Å²) in [4.78, 5) is 14.8. The first-order valence-electron chi connectivity index (χ1n) is 3.67. The number of likely N-dealkylation sites (N-methyl/N-ethyl adjacent to an activating group) is 1. The summed E-state index contributed by atoms with van der Waals surface area (Å²) < 4.78 is 1.72. The van der Waals surface area contributed by atoms with Crippen LogP contribution in [0.3, 0.4) is 0 Å². The lowest BCUT2D eigenvalue weighted by molar-refractivity contribution is -0.121. The van der Waals surface area contributed by atoms with Crippen molar-refractivity contribution in [2.24, 2.45) is 5.73 Å². The SMILES string of the molecule is CNC(=O)Cn1cncc1CN. The summed E-state index contributed by atoms with van der Waals surface area (Å²) >= 11 is 0. The van der Waals surface area contributed by atoms with E-state index in [-0.39, 0.29) is 12.5 Å². The summed E-state index contributed by atoms with van der Waals surface area (Å²) in [6.45, 7) is 0.681. The third-order valence-corrected chi connectivity index (χ3v) is 1.60. The van der Waals surface area contributed by atoms with Gasteiger partial charge in [-0.1, -0.05) is 0 Å². The minimum absolute atomic E-state index is 0.0531. The largest absolute Gasteiger partial charge is 0.358 e. The Morgan fingerprint density at radius 3 is 3.17 bits per heavy atom. The van der Waals surface area contributed by atoms with Gasteiger partial charge < -0.3 is 15.6 Å². The molecule has 3 N–H and O–H groups in total. The van der Waals surface area contributed by atoms with Gasteiger partial charge in [0.15, 0.2) is 0 Å². The molecule has 0 spiro atoms. The number of hydrogen-bond donors (Lipinski definition) is 2. The maximum Gasteiger partial charge on any atom is 0.239 e. The molecule has 0 radical (unpaired) electrons. The van der Waals surface area contributed by atoms with E-state index in [0.29, 0.717) is 6.54 Å². The molecule has 0 aliphatic heterocycles. The number of carbonyl (C=O) groups excluding carboxylic acids is 1. The molecule has 0 bridgehead atoms. The monoisotopic (exact) mass is 168 g/mol. The van der Waals surface area contributed by atoms with Gasteiger partial charge in [0.25, 0.3) is 0 Å². The zero-order valence-electron chi connectivity index (χ0n) is 6.95. The fourth-order valence-corrected chi connectivity index (χ4v) is 0.894. The Morgan fingerprint density at radius 1 is 1.83 bits per heavy atom. The molecule has 5 nitrogen and oxygen atoms in total. The third kappa shape index (κ3) is 1.82. The minimum Gasteiger partial charge on any atom is -0.358 e. The quantitative estimate of drug-likeness (QED) is 0.613. The molecule has 0 aliphatic rings. The summed E-state index contributed by atoms with van der Waals surface area (Å²) in [5, 5.41) is 2.53. The molecular weight excluding hydrogens is 156 g/mol. The third-order valence-electron chi connectivity index (χ3n) is 1.60. The van der Waals surface area contributed by atoms with Gasteiger partial charge in [0.1, 0.15) is 6.54 Å². The van der Waals surface area contributed by atoms with Gasteiger partial charge in [0, 0.05) is 19.8 Å². The van der Waals surface area contributed by atoms with Crippen LogP contribution in [0.15, 0.2) is 12.5 Å². The number of hydrogen-bond acceptors (Lipinski definition) is 3. The molecule has 12 heavy (non-hydrogen) atoms. The number of amides is 1. The zero-order chi connectivity index (χ0) is 8.97. The summed E-state index contributed by atoms with van der Waals surface area (Å²) in [6, 6.07) is 0. The van der Waals surface area contributed by atoms with Crippen molar-refractivity contribution in [3.05, 3.63) is 18.2 Å². The average molecular weight is 168 g/mol. The molecule has 0 aromatic carbocycles. The lowest BCUT2D eigenvalue weighted by Gasteiger charge is -2.04. The van der Waals surface area contributed by atoms with Gasteiger partial charge in [-0.3, -0.25) is 4.79 Å². The summed E-state index contributed by atoms with van der Waals surface area (Å²) in [5.41, 5.74) is 6.28. The highest BCUT2D eigenvalue weighted by molar-refractivity contribution is 5.75. The Hall–Kier alpha value is -1.36. The Balaban J connectivity index is 2.68. The summed E-state index contributed by atoms with van der Waals surface area (Å²) in [5.74, 6) is -0.0531. The molecule has 1 heterocycles. The van der Waals surface area contributed by atoms with Gasteiger partial charge in [-0.2, -0.15) is 0 Å². The van der Waals surface area contributed by atoms with Crippen molar-refractivity contribution in [3.8, 4) is 0 Å². The van der Waals surface area contributed by atoms with E-state index >= 15 is 0 Å². The number of rotatable bonds is 3. The molecule has 0 saturated heterocycles. The van der Waals surface area contributed by atoms with Gasteiger partial charge >= 0.3 is 0 Å². The van der Waals surface area contributed by atoms with Crippen molar-refractivity contribution in [2.45, 2.75) is 13.1 Å². The van der Waals surface area contributed by atoms with E-state index in [1.807, 2.05) is 0 Å². The number of aromatic nitrogens is 2. The van der Waals surface area contributed by atoms with Crippen molar-refractivity contribution in [1.82, 2.24) is 14.9 Å². The first kappa shape index (κ1) is 8.73. The fourth-order valence-electron chi connectivity index (χ4n) is 0.894. The molecule has 5 heteroatoms. The standard InChI is InChI=1S/C7H12N4O/c1-9-7(12)4-11-5-10-3-6(11)2-8/h3,5H,2,4,8H2,1H3,(H,9,12). The predicted molar refractivity (Wildman–Crippen MR) is 44.2 cm³/mol. The van der Waals surface area contributed by atoms with Crippen LogP contribution in [0.1, 0.15) is 5.69 Å². The number of carbonyl (C=O) groups is 1. The lowest BCUT2D eigenvalue weighted by atomic mass is 10.4. The first-order chi connectivity index (χ1) is 5.77. The minimum atomic E-state index is -0.0531. The maximum atomic E-state index is 10.9. The highest BCUT2D eigenvalue weighted by Gasteiger charge is 2.03. The predicted octanol–water partition coefficient (Wildman–Crippen LogP) is -0.912. The number of nitrogens with one attached hydrogen (secondary N) is 1. The number of nitrogens with two attached hydrogens (primary N) is 1. The van der Waals surface area contributed by atoms with E-state index in [0.717, 1.165) is 5.69 Å². The van der Waals surface area contributed by atoms with Gasteiger partial charge in [-0.25, -0.2) is 4.98 Å². The van der Waals surface area contributed by atoms with Crippen LogP contribution in [0, 0.1) is 0 Å². The molecule has 0 saturated carbocycles. The molecular formula is C7H12N4O. The second-order valence-corrected chi connectivity index (χ2v) is 2.39. The van der Waals surface area contributed by atoms with Crippen molar-refractivity contribution in [2.75, 3.05) is 7.05 Å². The number of imidazole rings is 1. The Kier molecular flexibility index (Phi) is 2.82. The van der Waals surface area contributed by atoms with Crippen molar-refractivity contribution in [1.29, 1.82) is 0 Å². The van der Waals surface area contributed by atoms with Gasteiger partial charge in [0.05, 0.1) is 12.0 Å². The fraction of sp³-hybridized carbons (Fsp3) is 0.429. The normalized spacial score (nSPS) is 9.83. The summed E-state index contributed by atoms with van der Waals surface area (Å²) in [6.07, 6.45) is 3.25. The Morgan fingerprint density at radius 2 is 2.58 bits per heavy atom. The smallest absolute Gasteiger partial charge is 0.239 e. The van der Waals surface area contributed by atoms with Crippen LogP contribution >= 0.6 is 0 Å². The van der Waals surface area contributed by atoms with Crippen LogP contribution in [0.25, 0.3) is 0 Å². The molecule has 1 aromatic heterocycles. The van der Waals surface area contributed by atoms with E-state index in [1.54, 1.807) is 24.1 Å². The second-order valence-electron chi connectivity index (χ2n) is 2.39. The molecule has 0 aliphatic carbocycles. The topological polar surface area (TPSA) is 72.9 Å². The highest BCUT2D eigenvalue weighted by Crippen LogP contribution is 1.96. The zero-order valence-corrected chi connectivity index (χ0v) is 6.95. The molecule has 0 unspecified atom stereocenters. The Bertz CT molecular complexity index is 268. The molecule has 1 aromatic rings. The Labute approximate surface area is 70.6 Å². The van der Waals surface area contributed by atoms with Crippen molar-refractivity contribution in [3.63, 3.8) is 0 Å². The molecule has 0 fully saturated rings. The van der Waals surface area contributed by atoms with Crippen molar-refractivity contribution < 1.29 is 4.79 Å². The van der Waals surface area contributed by atoms with Gasteiger partial charge in [-0.05, 0) is 0 Å². The molecule has 66 valence electrons. The van der Waals surface area contributed by atoms with Gasteiger partial charge in [0.2, 0.25) is 5.91 Å². The second kappa shape index (κ2) is 3.87. The van der Waals surface area contributed by atoms with Crippen LogP contribution in [0.2, 0.25) is 0 Å². The van der Waals surface area contributed by atoms with E-state index in [4.69, 9.17) is 5.73 Å². The summed E-state index contributed by atoms with van der Waals surface area (Å²) in [7, 11) is 1.60. The van der Waals surface area contributed by atoms with Crippen LogP contribution < -0.4 is 11.1 Å². The van der Waals surface area contributed by atoms with Crippen LogP contribution in [-0.2, 0) is 17.9 Å². The molecule has 1 rings (SSSR count). The van der Waals surface area contributed by atoms with E-state index < -0.39 is 0 Å². The molecule has 1 amide bonds. The number of nitrogens with zero attached hydrogens (tertiary/aromatic N) is 2. The van der Waals surface area contributed by atoms with E-state index in [1.165, 1.54) is 0 Å². The lowest BCUT2D eigenvalue weighted by Crippen LogP contribution is -2.24. The van der Waals surface area contributed by atoms with Crippen molar-refractivity contribution >= 4 is 5.91 Å². The molecule has 0 atom stereocenters. The van der Waals surface area contributed by atoms with E-state index in [9.17, 15) is 4.79 Å². The highest BCUT2D eigenvalue weighted by atomic mass is 16.1. The average Bonchev–Trinajstić information content (AvgIpc) is 2.51. The maximum absolute atomic E-state index is 10.9. The van der Waals surface area contributed by atoms with Gasteiger partial charge in [-0.15, -0.1) is 0 Å². The first-order valence-corrected chi connectivity index (χ1v) is 3.67. The van der Waals surface area contributed by atoms with Crippen LogP contribution in [0.4, 0.5) is 0 Å². The van der Waals surface area contributed by atoms with E-state index in [2.05, 4.69) is 10.3 Å².